The average molecular weight is 553 g/mol. The predicted molar refractivity (Wildman–Crippen MR) is 153 cm³/mol. The Morgan fingerprint density at radius 1 is 1.05 bits per heavy atom. The molecule has 1 aromatic carbocycles. The van der Waals surface area contributed by atoms with Crippen LogP contribution in [-0.4, -0.2) is 75.5 Å². The SMILES string of the molecule is CC(C)n1c(=O)ccc2cnc(N[C@@H](C)c3ccc(C4(N5CCN(C(=O)CCl)CC5)CCOCC4)cc3)nc21. The maximum atomic E-state index is 12.4. The average Bonchev–Trinajstić information content (AvgIpc) is 2.97. The fourth-order valence-electron chi connectivity index (χ4n) is 5.93. The Morgan fingerprint density at radius 2 is 1.74 bits per heavy atom. The molecule has 2 aromatic heterocycles. The van der Waals surface area contributed by atoms with Gasteiger partial charge in [0.1, 0.15) is 11.5 Å². The molecule has 0 bridgehead atoms. The summed E-state index contributed by atoms with van der Waals surface area (Å²) in [5.74, 6) is 0.532. The predicted octanol–water partition coefficient (Wildman–Crippen LogP) is 3.93. The topological polar surface area (TPSA) is 92.6 Å². The molecule has 4 heterocycles. The van der Waals surface area contributed by atoms with Gasteiger partial charge in [-0.25, -0.2) is 4.98 Å². The summed E-state index contributed by atoms with van der Waals surface area (Å²) in [6.45, 7) is 10.5. The van der Waals surface area contributed by atoms with Crippen molar-refractivity contribution in [2.24, 2.45) is 0 Å². The Kier molecular flexibility index (Phi) is 8.21. The molecule has 0 unspecified atom stereocenters. The monoisotopic (exact) mass is 552 g/mol. The summed E-state index contributed by atoms with van der Waals surface area (Å²) in [5.41, 5.74) is 2.86. The number of hydrogen-bond acceptors (Lipinski definition) is 7. The van der Waals surface area contributed by atoms with E-state index in [1.807, 2.05) is 18.7 Å². The molecule has 0 radical (unpaired) electrons. The van der Waals surface area contributed by atoms with Crippen molar-refractivity contribution in [1.29, 1.82) is 0 Å². The van der Waals surface area contributed by atoms with Gasteiger partial charge in [-0.15, -0.1) is 11.6 Å². The summed E-state index contributed by atoms with van der Waals surface area (Å²) in [7, 11) is 0. The van der Waals surface area contributed by atoms with E-state index in [1.54, 1.807) is 22.9 Å². The molecule has 9 nitrogen and oxygen atoms in total. The lowest BCUT2D eigenvalue weighted by atomic mass is 9.80. The van der Waals surface area contributed by atoms with Gasteiger partial charge in [-0.1, -0.05) is 24.3 Å². The van der Waals surface area contributed by atoms with Crippen LogP contribution in [0.2, 0.25) is 0 Å². The standard InChI is InChI=1S/C29H37ClN6O3/c1-20(2)36-25(37)9-6-23-19-31-28(33-27(23)36)32-21(3)22-4-7-24(8-5-22)29(10-16-39-17-11-29)35-14-12-34(13-15-35)26(38)18-30/h4-9,19-21H,10-18H2,1-3H3,(H,31,32,33)/t21-/m0/s1. The van der Waals surface area contributed by atoms with Crippen LogP contribution >= 0.6 is 11.6 Å². The Bertz CT molecular complexity index is 1360. The minimum absolute atomic E-state index is 0.00443. The number of anilines is 1. The van der Waals surface area contributed by atoms with Crippen molar-refractivity contribution in [2.75, 3.05) is 50.6 Å². The van der Waals surface area contributed by atoms with Crippen LogP contribution < -0.4 is 10.9 Å². The summed E-state index contributed by atoms with van der Waals surface area (Å²) >= 11 is 5.79. The number of benzene rings is 1. The molecule has 0 saturated carbocycles. The molecule has 39 heavy (non-hydrogen) atoms. The largest absolute Gasteiger partial charge is 0.381 e. The highest BCUT2D eigenvalue weighted by Crippen LogP contribution is 2.39. The van der Waals surface area contributed by atoms with E-state index in [-0.39, 0.29) is 35.0 Å². The van der Waals surface area contributed by atoms with Gasteiger partial charge in [0.15, 0.2) is 0 Å². The number of fused-ring (bicyclic) bond motifs is 1. The van der Waals surface area contributed by atoms with Crippen molar-refractivity contribution in [3.8, 4) is 0 Å². The molecular weight excluding hydrogens is 516 g/mol. The zero-order chi connectivity index (χ0) is 27.6. The first kappa shape index (κ1) is 27.6. The minimum Gasteiger partial charge on any atom is -0.381 e. The molecule has 208 valence electrons. The highest BCUT2D eigenvalue weighted by Gasteiger charge is 2.41. The molecular formula is C29H37ClN6O3. The smallest absolute Gasteiger partial charge is 0.252 e. The molecule has 3 aromatic rings. The zero-order valence-electron chi connectivity index (χ0n) is 22.9. The van der Waals surface area contributed by atoms with Gasteiger partial charge in [0.2, 0.25) is 11.9 Å². The molecule has 1 N–H and O–H groups in total. The van der Waals surface area contributed by atoms with Crippen LogP contribution in [0, 0.1) is 0 Å². The molecule has 5 rings (SSSR count). The first-order chi connectivity index (χ1) is 18.8. The fraction of sp³-hybridized carbons (Fsp3) is 0.517. The van der Waals surface area contributed by atoms with Gasteiger partial charge < -0.3 is 15.0 Å². The van der Waals surface area contributed by atoms with Crippen molar-refractivity contribution in [3.63, 3.8) is 0 Å². The van der Waals surface area contributed by atoms with Crippen LogP contribution in [0.1, 0.15) is 56.8 Å². The Balaban J connectivity index is 1.34. The van der Waals surface area contributed by atoms with Gasteiger partial charge in [-0.05, 0) is 50.8 Å². The van der Waals surface area contributed by atoms with Crippen LogP contribution in [0.3, 0.4) is 0 Å². The number of nitrogens with one attached hydrogen (secondary N) is 1. The molecule has 2 aliphatic rings. The van der Waals surface area contributed by atoms with Gasteiger partial charge in [-0.2, -0.15) is 4.98 Å². The Morgan fingerprint density at radius 3 is 2.38 bits per heavy atom. The first-order valence-corrected chi connectivity index (χ1v) is 14.3. The van der Waals surface area contributed by atoms with Crippen LogP contribution in [0.15, 0.2) is 47.4 Å². The van der Waals surface area contributed by atoms with E-state index in [0.29, 0.717) is 24.7 Å². The zero-order valence-corrected chi connectivity index (χ0v) is 23.7. The quantitative estimate of drug-likeness (QED) is 0.444. The van der Waals surface area contributed by atoms with Gasteiger partial charge in [0, 0.05) is 63.1 Å². The van der Waals surface area contributed by atoms with Gasteiger partial charge >= 0.3 is 0 Å². The highest BCUT2D eigenvalue weighted by molar-refractivity contribution is 6.27. The summed E-state index contributed by atoms with van der Waals surface area (Å²) in [6.07, 6.45) is 3.60. The van der Waals surface area contributed by atoms with Crippen LogP contribution in [0.5, 0.6) is 0 Å². The molecule has 2 aliphatic heterocycles. The van der Waals surface area contributed by atoms with E-state index < -0.39 is 0 Å². The second kappa shape index (κ2) is 11.6. The highest BCUT2D eigenvalue weighted by atomic mass is 35.5. The Labute approximate surface area is 234 Å². The fourth-order valence-corrected chi connectivity index (χ4v) is 6.10. The summed E-state index contributed by atoms with van der Waals surface area (Å²) in [5, 5.41) is 4.25. The van der Waals surface area contributed by atoms with E-state index in [2.05, 4.69) is 46.4 Å². The molecule has 1 atom stereocenters. The molecule has 0 spiro atoms. The molecule has 2 saturated heterocycles. The number of nitrogens with zero attached hydrogens (tertiary/aromatic N) is 5. The van der Waals surface area contributed by atoms with E-state index in [1.165, 1.54) is 5.56 Å². The van der Waals surface area contributed by atoms with Crippen molar-refractivity contribution in [1.82, 2.24) is 24.3 Å². The number of ether oxygens (including phenoxy) is 1. The number of carbonyl (C=O) groups excluding carboxylic acids is 1. The van der Waals surface area contributed by atoms with E-state index in [4.69, 9.17) is 21.3 Å². The number of alkyl halides is 1. The lowest BCUT2D eigenvalue weighted by Gasteiger charge is -2.50. The number of rotatable bonds is 7. The number of aromatic nitrogens is 3. The third kappa shape index (κ3) is 5.53. The molecule has 10 heteroatoms. The van der Waals surface area contributed by atoms with Crippen LogP contribution in [0.25, 0.3) is 11.0 Å². The number of halogens is 1. The lowest BCUT2D eigenvalue weighted by Crippen LogP contribution is -2.58. The number of hydrogen-bond donors (Lipinski definition) is 1. The first-order valence-electron chi connectivity index (χ1n) is 13.7. The van der Waals surface area contributed by atoms with E-state index >= 15 is 0 Å². The van der Waals surface area contributed by atoms with Crippen molar-refractivity contribution in [3.05, 3.63) is 64.1 Å². The third-order valence-corrected chi connectivity index (χ3v) is 8.38. The number of carbonyl (C=O) groups is 1. The second-order valence-electron chi connectivity index (χ2n) is 10.7. The number of piperazine rings is 1. The van der Waals surface area contributed by atoms with Crippen molar-refractivity contribution in [2.45, 2.75) is 51.2 Å². The minimum atomic E-state index is -0.106. The number of amides is 1. The van der Waals surface area contributed by atoms with Crippen molar-refractivity contribution < 1.29 is 9.53 Å². The van der Waals surface area contributed by atoms with Gasteiger partial charge in [0.25, 0.3) is 5.56 Å². The van der Waals surface area contributed by atoms with Crippen LogP contribution in [0.4, 0.5) is 5.95 Å². The number of pyridine rings is 1. The van der Waals surface area contributed by atoms with E-state index in [0.717, 1.165) is 50.1 Å². The molecule has 2 fully saturated rings. The molecule has 0 aliphatic carbocycles. The van der Waals surface area contributed by atoms with Gasteiger partial charge in [-0.3, -0.25) is 19.1 Å². The maximum absolute atomic E-state index is 12.4. The second-order valence-corrected chi connectivity index (χ2v) is 11.0. The van der Waals surface area contributed by atoms with E-state index in [9.17, 15) is 9.59 Å². The summed E-state index contributed by atoms with van der Waals surface area (Å²) in [6, 6.07) is 12.1. The summed E-state index contributed by atoms with van der Waals surface area (Å²) < 4.78 is 7.44. The van der Waals surface area contributed by atoms with Crippen molar-refractivity contribution >= 4 is 34.5 Å². The lowest BCUT2D eigenvalue weighted by molar-refractivity contribution is -0.132. The van der Waals surface area contributed by atoms with Crippen LogP contribution in [-0.2, 0) is 15.1 Å². The molecule has 1 amide bonds. The summed E-state index contributed by atoms with van der Waals surface area (Å²) in [4.78, 5) is 38.1. The normalized spacial score (nSPS) is 18.8. The maximum Gasteiger partial charge on any atom is 0.252 e. The van der Waals surface area contributed by atoms with Gasteiger partial charge in [0.05, 0.1) is 11.6 Å². The third-order valence-electron chi connectivity index (χ3n) is 8.15. The Hall–Kier alpha value is -3.01.